The summed E-state index contributed by atoms with van der Waals surface area (Å²) in [5.74, 6) is -0.915. The largest absolute Gasteiger partial charge is 0.394 e. The number of carbonyl (C=O) groups is 3. The second-order valence-corrected chi connectivity index (χ2v) is 4.60. The first-order valence-corrected chi connectivity index (χ1v) is 5.32. The smallest absolute Gasteiger partial charge is 0.325 e. The van der Waals surface area contributed by atoms with E-state index in [1.165, 1.54) is 0 Å². The van der Waals surface area contributed by atoms with Crippen molar-refractivity contribution in [2.45, 2.75) is 32.4 Å². The lowest BCUT2D eigenvalue weighted by Gasteiger charge is -2.17. The fourth-order valence-corrected chi connectivity index (χ4v) is 1.47. The van der Waals surface area contributed by atoms with Gasteiger partial charge in [-0.15, -0.1) is 0 Å². The predicted molar refractivity (Wildman–Crippen MR) is 59.0 cm³/mol. The second-order valence-electron chi connectivity index (χ2n) is 4.60. The van der Waals surface area contributed by atoms with Crippen molar-refractivity contribution in [3.05, 3.63) is 0 Å². The Morgan fingerprint density at radius 2 is 2.12 bits per heavy atom. The fraction of sp³-hybridized carbons (Fsp3) is 0.700. The fourth-order valence-electron chi connectivity index (χ4n) is 1.47. The van der Waals surface area contributed by atoms with Crippen LogP contribution in [0.2, 0.25) is 0 Å². The molecule has 0 bridgehead atoms. The van der Waals surface area contributed by atoms with Crippen LogP contribution in [0.1, 0.15) is 20.8 Å². The minimum atomic E-state index is -0.972. The van der Waals surface area contributed by atoms with E-state index in [0.29, 0.717) is 0 Å². The van der Waals surface area contributed by atoms with Gasteiger partial charge in [-0.3, -0.25) is 14.5 Å². The number of aliphatic hydroxyl groups is 1. The molecule has 0 spiro atoms. The van der Waals surface area contributed by atoms with E-state index >= 15 is 0 Å². The Morgan fingerprint density at radius 1 is 1.53 bits per heavy atom. The maximum atomic E-state index is 11.7. The molecule has 1 saturated heterocycles. The molecule has 1 aliphatic rings. The van der Waals surface area contributed by atoms with E-state index in [0.717, 1.165) is 4.90 Å². The SMILES string of the molecule is C[C@@H](CO)NC(=O)CN1C(=O)NC(C)(C)C1=O. The number of amides is 4. The summed E-state index contributed by atoms with van der Waals surface area (Å²) >= 11 is 0. The van der Waals surface area contributed by atoms with Crippen LogP contribution in [0, 0.1) is 0 Å². The summed E-state index contributed by atoms with van der Waals surface area (Å²) in [5, 5.41) is 13.7. The van der Waals surface area contributed by atoms with Gasteiger partial charge >= 0.3 is 6.03 Å². The number of nitrogens with one attached hydrogen (secondary N) is 2. The number of aliphatic hydroxyl groups excluding tert-OH is 1. The van der Waals surface area contributed by atoms with Gasteiger partial charge in [0.05, 0.1) is 6.61 Å². The molecular weight excluding hydrogens is 226 g/mol. The second kappa shape index (κ2) is 4.70. The summed E-state index contributed by atoms with van der Waals surface area (Å²) < 4.78 is 0. The maximum Gasteiger partial charge on any atom is 0.325 e. The Labute approximate surface area is 99.2 Å². The van der Waals surface area contributed by atoms with Gasteiger partial charge in [-0.2, -0.15) is 0 Å². The lowest BCUT2D eigenvalue weighted by Crippen LogP contribution is -2.45. The highest BCUT2D eigenvalue weighted by Gasteiger charge is 2.44. The molecule has 0 radical (unpaired) electrons. The Kier molecular flexibility index (Phi) is 3.72. The molecule has 0 aliphatic carbocycles. The molecule has 96 valence electrons. The zero-order valence-corrected chi connectivity index (χ0v) is 10.1. The van der Waals surface area contributed by atoms with E-state index < -0.39 is 29.4 Å². The van der Waals surface area contributed by atoms with Crippen LogP contribution in [0.25, 0.3) is 0 Å². The molecule has 7 heteroatoms. The first-order valence-electron chi connectivity index (χ1n) is 5.32. The summed E-state index contributed by atoms with van der Waals surface area (Å²) in [6, 6.07) is -0.983. The Morgan fingerprint density at radius 3 is 2.53 bits per heavy atom. The molecule has 1 aliphatic heterocycles. The van der Waals surface area contributed by atoms with Crippen LogP contribution >= 0.6 is 0 Å². The van der Waals surface area contributed by atoms with Crippen molar-refractivity contribution >= 4 is 17.8 Å². The van der Waals surface area contributed by atoms with Crippen molar-refractivity contribution in [1.82, 2.24) is 15.5 Å². The molecule has 4 amide bonds. The van der Waals surface area contributed by atoms with E-state index in [4.69, 9.17) is 5.11 Å². The van der Waals surface area contributed by atoms with Crippen LogP contribution < -0.4 is 10.6 Å². The van der Waals surface area contributed by atoms with Gasteiger partial charge in [0, 0.05) is 6.04 Å². The van der Waals surface area contributed by atoms with Gasteiger partial charge in [0.25, 0.3) is 5.91 Å². The zero-order valence-electron chi connectivity index (χ0n) is 10.1. The molecule has 17 heavy (non-hydrogen) atoms. The van der Waals surface area contributed by atoms with Gasteiger partial charge in [-0.1, -0.05) is 0 Å². The van der Waals surface area contributed by atoms with Crippen LogP contribution in [0.4, 0.5) is 4.79 Å². The number of urea groups is 1. The summed E-state index contributed by atoms with van der Waals surface area (Å²) in [6.45, 7) is 4.23. The van der Waals surface area contributed by atoms with E-state index in [2.05, 4.69) is 10.6 Å². The first kappa shape index (κ1) is 13.4. The van der Waals surface area contributed by atoms with E-state index in [1.54, 1.807) is 20.8 Å². The standard InChI is InChI=1S/C10H17N3O4/c1-6(5-14)11-7(15)4-13-8(16)10(2,3)12-9(13)17/h6,14H,4-5H2,1-3H3,(H,11,15)(H,12,17)/t6-/m0/s1. The average molecular weight is 243 g/mol. The summed E-state index contributed by atoms with van der Waals surface area (Å²) in [5.41, 5.74) is -0.972. The lowest BCUT2D eigenvalue weighted by molar-refractivity contribution is -0.134. The van der Waals surface area contributed by atoms with Crippen molar-refractivity contribution in [3.8, 4) is 0 Å². The number of hydrogen-bond acceptors (Lipinski definition) is 4. The van der Waals surface area contributed by atoms with E-state index in [1.807, 2.05) is 0 Å². The van der Waals surface area contributed by atoms with Crippen molar-refractivity contribution < 1.29 is 19.5 Å². The summed E-state index contributed by atoms with van der Waals surface area (Å²) in [7, 11) is 0. The van der Waals surface area contributed by atoms with Crippen molar-refractivity contribution in [3.63, 3.8) is 0 Å². The highest BCUT2D eigenvalue weighted by atomic mass is 16.3. The van der Waals surface area contributed by atoms with Crippen LogP contribution in [0.15, 0.2) is 0 Å². The van der Waals surface area contributed by atoms with Crippen LogP contribution in [0.3, 0.4) is 0 Å². The Hall–Kier alpha value is -1.63. The molecule has 1 fully saturated rings. The zero-order chi connectivity index (χ0) is 13.2. The lowest BCUT2D eigenvalue weighted by atomic mass is 10.1. The third kappa shape index (κ3) is 2.94. The summed E-state index contributed by atoms with van der Waals surface area (Å²) in [6.07, 6.45) is 0. The van der Waals surface area contributed by atoms with E-state index in [9.17, 15) is 14.4 Å². The normalized spacial score (nSPS) is 20.1. The minimum absolute atomic E-state index is 0.197. The van der Waals surface area contributed by atoms with Crippen molar-refractivity contribution in [2.24, 2.45) is 0 Å². The number of imide groups is 1. The molecule has 0 aromatic carbocycles. The molecule has 1 heterocycles. The number of nitrogens with zero attached hydrogens (tertiary/aromatic N) is 1. The molecule has 0 unspecified atom stereocenters. The molecule has 0 saturated carbocycles. The first-order chi connectivity index (χ1) is 7.77. The number of carbonyl (C=O) groups excluding carboxylic acids is 3. The summed E-state index contributed by atoms with van der Waals surface area (Å²) in [4.78, 5) is 35.5. The molecule has 0 aromatic rings. The average Bonchev–Trinajstić information content (AvgIpc) is 2.40. The van der Waals surface area contributed by atoms with Gasteiger partial charge in [-0.25, -0.2) is 4.79 Å². The highest BCUT2D eigenvalue weighted by molar-refractivity contribution is 6.08. The predicted octanol–water partition coefficient (Wildman–Crippen LogP) is -1.19. The quantitative estimate of drug-likeness (QED) is 0.541. The van der Waals surface area contributed by atoms with Gasteiger partial charge in [-0.05, 0) is 20.8 Å². The molecule has 1 rings (SSSR count). The third-order valence-electron chi connectivity index (χ3n) is 2.43. The van der Waals surface area contributed by atoms with Crippen LogP contribution in [-0.2, 0) is 9.59 Å². The number of hydrogen-bond donors (Lipinski definition) is 3. The molecule has 0 aromatic heterocycles. The highest BCUT2D eigenvalue weighted by Crippen LogP contribution is 2.15. The van der Waals surface area contributed by atoms with Crippen LogP contribution in [0.5, 0.6) is 0 Å². The van der Waals surface area contributed by atoms with Crippen LogP contribution in [-0.4, -0.2) is 52.6 Å². The minimum Gasteiger partial charge on any atom is -0.394 e. The Balaban J connectivity index is 2.61. The molecule has 7 nitrogen and oxygen atoms in total. The molecule has 1 atom stereocenters. The molecule has 3 N–H and O–H groups in total. The van der Waals surface area contributed by atoms with Gasteiger partial charge in [0.15, 0.2) is 0 Å². The Bertz CT molecular complexity index is 353. The van der Waals surface area contributed by atoms with Crippen molar-refractivity contribution in [2.75, 3.05) is 13.2 Å². The van der Waals surface area contributed by atoms with Gasteiger partial charge in [0.1, 0.15) is 12.1 Å². The maximum absolute atomic E-state index is 11.7. The topological polar surface area (TPSA) is 98.7 Å². The van der Waals surface area contributed by atoms with Gasteiger partial charge in [0.2, 0.25) is 5.91 Å². The van der Waals surface area contributed by atoms with E-state index in [-0.39, 0.29) is 13.2 Å². The number of rotatable bonds is 4. The van der Waals surface area contributed by atoms with Gasteiger partial charge < -0.3 is 15.7 Å². The van der Waals surface area contributed by atoms with Crippen molar-refractivity contribution in [1.29, 1.82) is 0 Å². The third-order valence-corrected chi connectivity index (χ3v) is 2.43. The molecular formula is C10H17N3O4. The monoisotopic (exact) mass is 243 g/mol.